The lowest BCUT2D eigenvalue weighted by atomic mass is 10.2. The Kier molecular flexibility index (Phi) is 4.37. The molecule has 1 aliphatic rings. The molecule has 0 radical (unpaired) electrons. The van der Waals surface area contributed by atoms with Crippen LogP contribution in [0.3, 0.4) is 0 Å². The van der Waals surface area contributed by atoms with Crippen molar-refractivity contribution in [2.24, 2.45) is 0 Å². The smallest absolute Gasteiger partial charge is 0.260 e. The Bertz CT molecular complexity index is 453. The number of piperazine rings is 1. The minimum atomic E-state index is -0.363. The fraction of sp³-hybridized carbons (Fsp3) is 0.500. The van der Waals surface area contributed by atoms with E-state index < -0.39 is 0 Å². The molecular formula is C14H19FN2O2. The summed E-state index contributed by atoms with van der Waals surface area (Å²) in [6.45, 7) is 4.34. The highest BCUT2D eigenvalue weighted by Gasteiger charge is 2.24. The molecule has 1 heterocycles. The molecule has 0 aliphatic carbocycles. The number of ether oxygens (including phenoxy) is 1. The van der Waals surface area contributed by atoms with Crippen LogP contribution >= 0.6 is 0 Å². The van der Waals surface area contributed by atoms with Crippen molar-refractivity contribution in [2.75, 3.05) is 33.3 Å². The van der Waals surface area contributed by atoms with Crippen LogP contribution in [0.25, 0.3) is 0 Å². The van der Waals surface area contributed by atoms with Gasteiger partial charge in [0.05, 0.1) is 0 Å². The predicted octanol–water partition coefficient (Wildman–Crippen LogP) is 1.37. The zero-order valence-electron chi connectivity index (χ0n) is 11.3. The van der Waals surface area contributed by atoms with Gasteiger partial charge in [-0.2, -0.15) is 0 Å². The van der Waals surface area contributed by atoms with Crippen LogP contribution in [0.1, 0.15) is 6.92 Å². The molecule has 1 fully saturated rings. The Hall–Kier alpha value is -1.62. The number of rotatable bonds is 3. The quantitative estimate of drug-likeness (QED) is 0.828. The number of carbonyl (C=O) groups excluding carboxylic acids is 1. The third-order valence-corrected chi connectivity index (χ3v) is 3.47. The number of hydrogen-bond acceptors (Lipinski definition) is 3. The standard InChI is InChI=1S/C14H19FN2O2/c1-11-9-17(7-6-16(11)2)14(18)10-19-13-5-3-4-12(15)8-13/h3-5,8,11H,6-7,9-10H2,1-2H3. The minimum Gasteiger partial charge on any atom is -0.484 e. The van der Waals surface area contributed by atoms with E-state index in [0.29, 0.717) is 24.9 Å². The van der Waals surface area contributed by atoms with Crippen molar-refractivity contribution in [3.8, 4) is 5.75 Å². The molecule has 4 nitrogen and oxygen atoms in total. The first-order chi connectivity index (χ1) is 9.06. The molecule has 1 saturated heterocycles. The Balaban J connectivity index is 1.84. The monoisotopic (exact) mass is 266 g/mol. The number of carbonyl (C=O) groups is 1. The van der Waals surface area contributed by atoms with Crippen LogP contribution in [0.5, 0.6) is 5.75 Å². The molecule has 1 amide bonds. The van der Waals surface area contributed by atoms with Gasteiger partial charge in [-0.1, -0.05) is 6.07 Å². The zero-order valence-corrected chi connectivity index (χ0v) is 11.3. The highest BCUT2D eigenvalue weighted by molar-refractivity contribution is 5.78. The van der Waals surface area contributed by atoms with Crippen LogP contribution in [-0.4, -0.2) is 55.0 Å². The molecule has 1 atom stereocenters. The Morgan fingerprint density at radius 1 is 1.47 bits per heavy atom. The predicted molar refractivity (Wildman–Crippen MR) is 70.6 cm³/mol. The van der Waals surface area contributed by atoms with Crippen LogP contribution in [0, 0.1) is 5.82 Å². The summed E-state index contributed by atoms with van der Waals surface area (Å²) in [6.07, 6.45) is 0. The summed E-state index contributed by atoms with van der Waals surface area (Å²) in [5, 5.41) is 0. The summed E-state index contributed by atoms with van der Waals surface area (Å²) >= 11 is 0. The molecule has 1 aromatic rings. The second kappa shape index (κ2) is 6.02. The number of hydrogen-bond donors (Lipinski definition) is 0. The van der Waals surface area contributed by atoms with E-state index in [4.69, 9.17) is 4.74 Å². The number of benzene rings is 1. The molecule has 5 heteroatoms. The molecule has 1 aromatic carbocycles. The highest BCUT2D eigenvalue weighted by Crippen LogP contribution is 2.13. The van der Waals surface area contributed by atoms with Gasteiger partial charge in [-0.05, 0) is 26.1 Å². The maximum absolute atomic E-state index is 13.0. The van der Waals surface area contributed by atoms with Gasteiger partial charge in [0.15, 0.2) is 6.61 Å². The van der Waals surface area contributed by atoms with Crippen molar-refractivity contribution < 1.29 is 13.9 Å². The van der Waals surface area contributed by atoms with Gasteiger partial charge in [-0.25, -0.2) is 4.39 Å². The van der Waals surface area contributed by atoms with Gasteiger partial charge in [-0.3, -0.25) is 4.79 Å². The van der Waals surface area contributed by atoms with Crippen LogP contribution in [0.15, 0.2) is 24.3 Å². The van der Waals surface area contributed by atoms with E-state index in [0.717, 1.165) is 6.54 Å². The Labute approximate surface area is 112 Å². The molecule has 1 unspecified atom stereocenters. The third kappa shape index (κ3) is 3.67. The second-order valence-corrected chi connectivity index (χ2v) is 4.92. The van der Waals surface area contributed by atoms with Gasteiger partial charge >= 0.3 is 0 Å². The van der Waals surface area contributed by atoms with E-state index in [1.54, 1.807) is 17.0 Å². The number of halogens is 1. The largest absolute Gasteiger partial charge is 0.484 e. The zero-order chi connectivity index (χ0) is 13.8. The van der Waals surface area contributed by atoms with E-state index in [2.05, 4.69) is 18.9 Å². The number of likely N-dealkylation sites (N-methyl/N-ethyl adjacent to an activating group) is 1. The maximum atomic E-state index is 13.0. The van der Waals surface area contributed by atoms with Gasteiger partial charge in [-0.15, -0.1) is 0 Å². The van der Waals surface area contributed by atoms with Crippen LogP contribution in [0.2, 0.25) is 0 Å². The van der Waals surface area contributed by atoms with Gasteiger partial charge in [0.25, 0.3) is 5.91 Å². The second-order valence-electron chi connectivity index (χ2n) is 4.92. The lowest BCUT2D eigenvalue weighted by Crippen LogP contribution is -2.53. The van der Waals surface area contributed by atoms with Crippen molar-refractivity contribution in [1.82, 2.24) is 9.80 Å². The fourth-order valence-corrected chi connectivity index (χ4v) is 2.07. The maximum Gasteiger partial charge on any atom is 0.260 e. The molecule has 0 bridgehead atoms. The van der Waals surface area contributed by atoms with Crippen LogP contribution < -0.4 is 4.74 Å². The van der Waals surface area contributed by atoms with Crippen molar-refractivity contribution in [2.45, 2.75) is 13.0 Å². The molecule has 104 valence electrons. The molecule has 1 aliphatic heterocycles. The third-order valence-electron chi connectivity index (χ3n) is 3.47. The first kappa shape index (κ1) is 13.8. The van der Waals surface area contributed by atoms with Gasteiger partial charge in [0, 0.05) is 31.7 Å². The van der Waals surface area contributed by atoms with E-state index in [1.807, 2.05) is 0 Å². The Morgan fingerprint density at radius 2 is 2.26 bits per heavy atom. The van der Waals surface area contributed by atoms with Crippen LogP contribution in [-0.2, 0) is 4.79 Å². The summed E-state index contributed by atoms with van der Waals surface area (Å²) in [5.74, 6) is -0.0297. The van der Waals surface area contributed by atoms with Gasteiger partial charge in [0.2, 0.25) is 0 Å². The van der Waals surface area contributed by atoms with E-state index >= 15 is 0 Å². The highest BCUT2D eigenvalue weighted by atomic mass is 19.1. The summed E-state index contributed by atoms with van der Waals surface area (Å²) in [4.78, 5) is 16.0. The first-order valence-electron chi connectivity index (χ1n) is 6.42. The normalized spacial score (nSPS) is 20.4. The summed E-state index contributed by atoms with van der Waals surface area (Å²) in [7, 11) is 2.05. The molecule has 19 heavy (non-hydrogen) atoms. The van der Waals surface area contributed by atoms with Crippen molar-refractivity contribution in [3.05, 3.63) is 30.1 Å². The number of nitrogens with zero attached hydrogens (tertiary/aromatic N) is 2. The Morgan fingerprint density at radius 3 is 2.95 bits per heavy atom. The molecular weight excluding hydrogens is 247 g/mol. The van der Waals surface area contributed by atoms with Crippen molar-refractivity contribution >= 4 is 5.91 Å². The molecule has 0 aromatic heterocycles. The summed E-state index contributed by atoms with van der Waals surface area (Å²) < 4.78 is 18.3. The lowest BCUT2D eigenvalue weighted by molar-refractivity contribution is -0.135. The fourth-order valence-electron chi connectivity index (χ4n) is 2.07. The SMILES string of the molecule is CC1CN(C(=O)COc2cccc(F)c2)CCN1C. The molecule has 0 N–H and O–H groups in total. The van der Waals surface area contributed by atoms with E-state index in [1.165, 1.54) is 12.1 Å². The first-order valence-corrected chi connectivity index (χ1v) is 6.42. The van der Waals surface area contributed by atoms with E-state index in [9.17, 15) is 9.18 Å². The number of amides is 1. The van der Waals surface area contributed by atoms with Crippen molar-refractivity contribution in [1.29, 1.82) is 0 Å². The minimum absolute atomic E-state index is 0.0418. The molecule has 2 rings (SSSR count). The average Bonchev–Trinajstić information content (AvgIpc) is 2.39. The van der Waals surface area contributed by atoms with Crippen molar-refractivity contribution in [3.63, 3.8) is 0 Å². The van der Waals surface area contributed by atoms with Crippen LogP contribution in [0.4, 0.5) is 4.39 Å². The molecule has 0 spiro atoms. The summed E-state index contributed by atoms with van der Waals surface area (Å²) in [6, 6.07) is 6.18. The molecule has 0 saturated carbocycles. The topological polar surface area (TPSA) is 32.8 Å². The van der Waals surface area contributed by atoms with Gasteiger partial charge < -0.3 is 14.5 Å². The van der Waals surface area contributed by atoms with Gasteiger partial charge in [0.1, 0.15) is 11.6 Å². The lowest BCUT2D eigenvalue weighted by Gasteiger charge is -2.37. The van der Waals surface area contributed by atoms with E-state index in [-0.39, 0.29) is 18.3 Å². The average molecular weight is 266 g/mol. The summed E-state index contributed by atoms with van der Waals surface area (Å²) in [5.41, 5.74) is 0.